The summed E-state index contributed by atoms with van der Waals surface area (Å²) in [5, 5.41) is 7.52. The van der Waals surface area contributed by atoms with E-state index in [1.165, 1.54) is 0 Å². The number of nitrogens with one attached hydrogen (secondary N) is 1. The Morgan fingerprint density at radius 2 is 2.38 bits per heavy atom. The largest absolute Gasteiger partial charge is 0.339 e. The van der Waals surface area contributed by atoms with Crippen molar-refractivity contribution in [2.45, 2.75) is 32.4 Å². The van der Waals surface area contributed by atoms with Gasteiger partial charge in [0.1, 0.15) is 5.82 Å². The van der Waals surface area contributed by atoms with Crippen molar-refractivity contribution in [2.75, 3.05) is 19.6 Å². The maximum atomic E-state index is 5.27. The summed E-state index contributed by atoms with van der Waals surface area (Å²) in [6.45, 7) is 5.63. The van der Waals surface area contributed by atoms with Crippen LogP contribution in [0.3, 0.4) is 0 Å². The van der Waals surface area contributed by atoms with Crippen molar-refractivity contribution in [3.8, 4) is 0 Å². The van der Waals surface area contributed by atoms with Crippen LogP contribution >= 0.6 is 0 Å². The van der Waals surface area contributed by atoms with Crippen LogP contribution < -0.4 is 5.32 Å². The van der Waals surface area contributed by atoms with E-state index < -0.39 is 0 Å². The molecule has 21 heavy (non-hydrogen) atoms. The highest BCUT2D eigenvalue weighted by molar-refractivity contribution is 5.03. The van der Waals surface area contributed by atoms with Crippen molar-refractivity contribution < 1.29 is 4.52 Å². The number of hydrogen-bond donors (Lipinski definition) is 1. The normalized spacial score (nSPS) is 20.0. The number of piperazine rings is 1. The summed E-state index contributed by atoms with van der Waals surface area (Å²) >= 11 is 0. The fourth-order valence-electron chi connectivity index (χ4n) is 2.74. The molecule has 3 heterocycles. The summed E-state index contributed by atoms with van der Waals surface area (Å²) in [4.78, 5) is 11.3. The lowest BCUT2D eigenvalue weighted by Gasteiger charge is -2.34. The molecule has 0 amide bonds. The molecule has 0 bridgehead atoms. The highest BCUT2D eigenvalue weighted by Gasteiger charge is 2.27. The van der Waals surface area contributed by atoms with Gasteiger partial charge in [0.25, 0.3) is 0 Å². The Labute approximate surface area is 124 Å². The van der Waals surface area contributed by atoms with Gasteiger partial charge in [0.05, 0.1) is 12.6 Å². The third-order valence-corrected chi connectivity index (χ3v) is 3.83. The zero-order chi connectivity index (χ0) is 14.7. The molecule has 1 unspecified atom stereocenters. The molecule has 2 aromatic heterocycles. The summed E-state index contributed by atoms with van der Waals surface area (Å²) in [5.41, 5.74) is 0. The van der Waals surface area contributed by atoms with Crippen molar-refractivity contribution in [1.82, 2.24) is 29.9 Å². The van der Waals surface area contributed by atoms with Crippen LogP contribution in [-0.4, -0.2) is 44.2 Å². The van der Waals surface area contributed by atoms with Gasteiger partial charge in [-0.2, -0.15) is 4.98 Å². The van der Waals surface area contributed by atoms with Crippen molar-refractivity contribution in [3.63, 3.8) is 0 Å². The SMILES string of the molecule is CCCc1nc(CN2CCNCC2c2nccn2C)no1. The van der Waals surface area contributed by atoms with Crippen molar-refractivity contribution in [3.05, 3.63) is 29.9 Å². The van der Waals surface area contributed by atoms with Crippen molar-refractivity contribution in [1.29, 1.82) is 0 Å². The predicted molar refractivity (Wildman–Crippen MR) is 77.5 cm³/mol. The van der Waals surface area contributed by atoms with Gasteiger partial charge in [-0.25, -0.2) is 4.98 Å². The standard InChI is InChI=1S/C14H22N6O/c1-3-4-13-17-12(18-21-13)10-20-8-5-15-9-11(20)14-16-6-7-19(14)2/h6-7,11,15H,3-5,8-10H2,1-2H3. The Hall–Kier alpha value is -1.73. The average molecular weight is 290 g/mol. The maximum absolute atomic E-state index is 5.27. The van der Waals surface area contributed by atoms with Gasteiger partial charge in [0, 0.05) is 45.5 Å². The van der Waals surface area contributed by atoms with Gasteiger partial charge in [-0.15, -0.1) is 0 Å². The van der Waals surface area contributed by atoms with Crippen molar-refractivity contribution in [2.24, 2.45) is 7.05 Å². The second-order valence-electron chi connectivity index (χ2n) is 5.44. The third-order valence-electron chi connectivity index (χ3n) is 3.83. The average Bonchev–Trinajstić information content (AvgIpc) is 3.09. The Balaban J connectivity index is 1.73. The first-order chi connectivity index (χ1) is 10.3. The highest BCUT2D eigenvalue weighted by atomic mass is 16.5. The molecule has 0 saturated carbocycles. The molecule has 0 radical (unpaired) electrons. The number of nitrogens with zero attached hydrogens (tertiary/aromatic N) is 5. The summed E-state index contributed by atoms with van der Waals surface area (Å²) in [6.07, 6.45) is 5.69. The van der Waals surface area contributed by atoms with Crippen LogP contribution in [0.2, 0.25) is 0 Å². The number of rotatable bonds is 5. The van der Waals surface area contributed by atoms with Gasteiger partial charge in [-0.05, 0) is 6.42 Å². The molecule has 3 rings (SSSR count). The summed E-state index contributed by atoms with van der Waals surface area (Å²) < 4.78 is 7.34. The molecule has 0 aromatic carbocycles. The first-order valence-corrected chi connectivity index (χ1v) is 7.51. The minimum absolute atomic E-state index is 0.242. The van der Waals surface area contributed by atoms with Crippen LogP contribution in [0, 0.1) is 0 Å². The monoisotopic (exact) mass is 290 g/mol. The quantitative estimate of drug-likeness (QED) is 0.882. The summed E-state index contributed by atoms with van der Waals surface area (Å²) in [5.74, 6) is 2.57. The Bertz CT molecular complexity index is 578. The van der Waals surface area contributed by atoms with Crippen LogP contribution in [0.4, 0.5) is 0 Å². The maximum Gasteiger partial charge on any atom is 0.226 e. The van der Waals surface area contributed by atoms with Gasteiger partial charge in [0.15, 0.2) is 5.82 Å². The molecular weight excluding hydrogens is 268 g/mol. The number of aromatic nitrogens is 4. The van der Waals surface area contributed by atoms with E-state index in [1.807, 2.05) is 19.4 Å². The molecule has 0 spiro atoms. The zero-order valence-corrected chi connectivity index (χ0v) is 12.6. The van der Waals surface area contributed by atoms with Crippen LogP contribution in [0.1, 0.15) is 36.9 Å². The minimum Gasteiger partial charge on any atom is -0.339 e. The van der Waals surface area contributed by atoms with Gasteiger partial charge in [-0.1, -0.05) is 12.1 Å². The van der Waals surface area contributed by atoms with Gasteiger partial charge < -0.3 is 14.4 Å². The second-order valence-corrected chi connectivity index (χ2v) is 5.44. The molecule has 1 saturated heterocycles. The van der Waals surface area contributed by atoms with E-state index in [1.54, 1.807) is 0 Å². The molecule has 1 fully saturated rings. The van der Waals surface area contributed by atoms with Gasteiger partial charge in [0.2, 0.25) is 5.89 Å². The minimum atomic E-state index is 0.242. The Morgan fingerprint density at radius 3 is 3.14 bits per heavy atom. The molecule has 1 atom stereocenters. The van der Waals surface area contributed by atoms with E-state index in [2.05, 4.69) is 36.8 Å². The lowest BCUT2D eigenvalue weighted by atomic mass is 10.1. The fourth-order valence-corrected chi connectivity index (χ4v) is 2.74. The van der Waals surface area contributed by atoms with Crippen LogP contribution in [0.5, 0.6) is 0 Å². The molecule has 7 nitrogen and oxygen atoms in total. The first-order valence-electron chi connectivity index (χ1n) is 7.51. The van der Waals surface area contributed by atoms with Gasteiger partial charge >= 0.3 is 0 Å². The third kappa shape index (κ3) is 3.14. The first kappa shape index (κ1) is 14.2. The highest BCUT2D eigenvalue weighted by Crippen LogP contribution is 2.21. The topological polar surface area (TPSA) is 72.0 Å². The predicted octanol–water partition coefficient (Wildman–Crippen LogP) is 0.902. The molecular formula is C14H22N6O. The van der Waals surface area contributed by atoms with Crippen LogP contribution in [0.15, 0.2) is 16.9 Å². The molecule has 2 aromatic rings. The van der Waals surface area contributed by atoms with Crippen LogP contribution in [-0.2, 0) is 20.0 Å². The van der Waals surface area contributed by atoms with Crippen molar-refractivity contribution >= 4 is 0 Å². The summed E-state index contributed by atoms with van der Waals surface area (Å²) in [7, 11) is 2.03. The summed E-state index contributed by atoms with van der Waals surface area (Å²) in [6, 6.07) is 0.242. The fraction of sp³-hybridized carbons (Fsp3) is 0.643. The lowest BCUT2D eigenvalue weighted by Crippen LogP contribution is -2.46. The lowest BCUT2D eigenvalue weighted by molar-refractivity contribution is 0.139. The Kier molecular flexibility index (Phi) is 4.31. The number of aryl methyl sites for hydroxylation is 2. The number of imidazole rings is 1. The van der Waals surface area contributed by atoms with Crippen LogP contribution in [0.25, 0.3) is 0 Å². The zero-order valence-electron chi connectivity index (χ0n) is 12.6. The van der Waals surface area contributed by atoms with E-state index in [4.69, 9.17) is 4.52 Å². The van der Waals surface area contributed by atoms with E-state index in [0.29, 0.717) is 6.54 Å². The molecule has 1 N–H and O–H groups in total. The molecule has 7 heteroatoms. The molecule has 1 aliphatic rings. The smallest absolute Gasteiger partial charge is 0.226 e. The Morgan fingerprint density at radius 1 is 1.48 bits per heavy atom. The molecule has 1 aliphatic heterocycles. The van der Waals surface area contributed by atoms with E-state index >= 15 is 0 Å². The molecule has 0 aliphatic carbocycles. The molecule has 114 valence electrons. The van der Waals surface area contributed by atoms with E-state index in [-0.39, 0.29) is 6.04 Å². The van der Waals surface area contributed by atoms with E-state index in [0.717, 1.165) is 50.0 Å². The second kappa shape index (κ2) is 6.36. The van der Waals surface area contributed by atoms with E-state index in [9.17, 15) is 0 Å². The van der Waals surface area contributed by atoms with Gasteiger partial charge in [-0.3, -0.25) is 4.90 Å². The number of hydrogen-bond acceptors (Lipinski definition) is 6.